The van der Waals surface area contributed by atoms with Crippen LogP contribution in [0.15, 0.2) is 76.0 Å². The molecule has 0 spiro atoms. The number of halogens is 1. The van der Waals surface area contributed by atoms with Crippen LogP contribution in [-0.2, 0) is 23.1 Å². The molecule has 1 aliphatic rings. The highest BCUT2D eigenvalue weighted by Crippen LogP contribution is 2.19. The second kappa shape index (κ2) is 9.60. The van der Waals surface area contributed by atoms with E-state index in [1.54, 1.807) is 36.4 Å². The first-order valence-electron chi connectivity index (χ1n) is 9.87. The summed E-state index contributed by atoms with van der Waals surface area (Å²) < 4.78 is 18.2. The van der Waals surface area contributed by atoms with Gasteiger partial charge in [-0.2, -0.15) is 0 Å². The highest BCUT2D eigenvalue weighted by atomic mass is 35.5. The molecular formula is C23H23ClN2O3S. The van der Waals surface area contributed by atoms with Crippen molar-refractivity contribution in [1.82, 2.24) is 9.80 Å². The summed E-state index contributed by atoms with van der Waals surface area (Å²) in [4.78, 5) is 17.6. The van der Waals surface area contributed by atoms with E-state index in [-0.39, 0.29) is 11.7 Å². The number of amides is 1. The monoisotopic (exact) mass is 442 g/mol. The molecule has 1 saturated heterocycles. The number of rotatable bonds is 6. The van der Waals surface area contributed by atoms with Crippen molar-refractivity contribution in [3.05, 3.63) is 88.8 Å². The summed E-state index contributed by atoms with van der Waals surface area (Å²) in [6, 6.07) is 20.7. The van der Waals surface area contributed by atoms with Crippen molar-refractivity contribution >= 4 is 28.3 Å². The number of hydrogen-bond donors (Lipinski definition) is 0. The fourth-order valence-corrected chi connectivity index (χ4v) is 4.82. The number of piperazine rings is 1. The lowest BCUT2D eigenvalue weighted by Crippen LogP contribution is -2.48. The van der Waals surface area contributed by atoms with E-state index in [9.17, 15) is 9.00 Å². The van der Waals surface area contributed by atoms with E-state index < -0.39 is 10.8 Å². The molecule has 1 atom stereocenters. The molecule has 3 aromatic rings. The first-order chi connectivity index (χ1) is 14.6. The lowest BCUT2D eigenvalue weighted by Gasteiger charge is -2.34. The van der Waals surface area contributed by atoms with E-state index in [0.717, 1.165) is 19.6 Å². The number of furan rings is 1. The second-order valence-electron chi connectivity index (χ2n) is 7.27. The number of hydrogen-bond acceptors (Lipinski definition) is 4. The van der Waals surface area contributed by atoms with Crippen molar-refractivity contribution in [3.63, 3.8) is 0 Å². The van der Waals surface area contributed by atoms with Crippen LogP contribution in [0.1, 0.15) is 21.9 Å². The molecule has 0 saturated carbocycles. The van der Waals surface area contributed by atoms with Crippen LogP contribution < -0.4 is 0 Å². The Morgan fingerprint density at radius 3 is 2.47 bits per heavy atom. The largest absolute Gasteiger partial charge is 0.455 e. The number of benzene rings is 2. The topological polar surface area (TPSA) is 53.8 Å². The van der Waals surface area contributed by atoms with E-state index >= 15 is 0 Å². The van der Waals surface area contributed by atoms with Crippen LogP contribution in [0.2, 0.25) is 5.02 Å². The van der Waals surface area contributed by atoms with Gasteiger partial charge in [-0.05, 0) is 35.9 Å². The summed E-state index contributed by atoms with van der Waals surface area (Å²) >= 11 is 5.97. The van der Waals surface area contributed by atoms with Crippen molar-refractivity contribution in [2.45, 2.75) is 17.2 Å². The standard InChI is InChI=1S/C23H23ClN2O3S/c24-19-7-4-8-21(15-19)30(28)17-20-9-10-22(29-20)23(27)26-13-11-25(12-14-26)16-18-5-2-1-3-6-18/h1-10,15H,11-14,16-17H2. The van der Waals surface area contributed by atoms with Crippen LogP contribution in [0.3, 0.4) is 0 Å². The number of carbonyl (C=O) groups is 1. The minimum atomic E-state index is -1.28. The highest BCUT2D eigenvalue weighted by molar-refractivity contribution is 7.84. The SMILES string of the molecule is O=C(c1ccc(CS(=O)c2cccc(Cl)c2)o1)N1CCN(Cc2ccccc2)CC1. The van der Waals surface area contributed by atoms with Crippen LogP contribution >= 0.6 is 11.6 Å². The average Bonchev–Trinajstić information content (AvgIpc) is 3.23. The normalized spacial score (nSPS) is 15.8. The Labute approximate surface area is 183 Å². The molecule has 30 heavy (non-hydrogen) atoms. The highest BCUT2D eigenvalue weighted by Gasteiger charge is 2.24. The third kappa shape index (κ3) is 5.19. The summed E-state index contributed by atoms with van der Waals surface area (Å²) in [5, 5.41) is 0.544. The maximum Gasteiger partial charge on any atom is 0.289 e. The zero-order chi connectivity index (χ0) is 20.9. The summed E-state index contributed by atoms with van der Waals surface area (Å²) in [6.07, 6.45) is 0. The first-order valence-corrected chi connectivity index (χ1v) is 11.6. The Kier molecular flexibility index (Phi) is 6.67. The van der Waals surface area contributed by atoms with Gasteiger partial charge in [-0.15, -0.1) is 0 Å². The van der Waals surface area contributed by atoms with Gasteiger partial charge in [0.2, 0.25) is 0 Å². The Bertz CT molecular complexity index is 1030. The third-order valence-electron chi connectivity index (χ3n) is 5.11. The van der Waals surface area contributed by atoms with Crippen molar-refractivity contribution in [1.29, 1.82) is 0 Å². The molecule has 0 N–H and O–H groups in total. The van der Waals surface area contributed by atoms with Gasteiger partial charge < -0.3 is 9.32 Å². The van der Waals surface area contributed by atoms with Crippen molar-refractivity contribution in [3.8, 4) is 0 Å². The molecule has 4 rings (SSSR count). The number of carbonyl (C=O) groups excluding carboxylic acids is 1. The van der Waals surface area contributed by atoms with Crippen molar-refractivity contribution in [2.75, 3.05) is 26.2 Å². The first kappa shape index (κ1) is 20.8. The molecule has 1 unspecified atom stereocenters. The molecule has 1 aromatic heterocycles. The van der Waals surface area contributed by atoms with E-state index in [4.69, 9.17) is 16.0 Å². The van der Waals surface area contributed by atoms with Gasteiger partial charge >= 0.3 is 0 Å². The van der Waals surface area contributed by atoms with Gasteiger partial charge in [-0.25, -0.2) is 0 Å². The Morgan fingerprint density at radius 1 is 0.967 bits per heavy atom. The molecular weight excluding hydrogens is 420 g/mol. The predicted molar refractivity (Wildman–Crippen MR) is 118 cm³/mol. The van der Waals surface area contributed by atoms with Crippen LogP contribution in [0.5, 0.6) is 0 Å². The third-order valence-corrected chi connectivity index (χ3v) is 6.67. The molecule has 0 radical (unpaired) electrons. The van der Waals surface area contributed by atoms with Crippen LogP contribution in [-0.4, -0.2) is 46.1 Å². The molecule has 156 valence electrons. The Balaban J connectivity index is 1.31. The zero-order valence-electron chi connectivity index (χ0n) is 16.5. The van der Waals surface area contributed by atoms with Gasteiger partial charge in [0.25, 0.3) is 5.91 Å². The Morgan fingerprint density at radius 2 is 1.73 bits per heavy atom. The molecule has 1 aliphatic heterocycles. The predicted octanol–water partition coefficient (Wildman–Crippen LogP) is 4.20. The lowest BCUT2D eigenvalue weighted by molar-refractivity contribution is 0.0596. The van der Waals surface area contributed by atoms with Gasteiger partial charge in [0.15, 0.2) is 5.76 Å². The quantitative estimate of drug-likeness (QED) is 0.574. The fraction of sp³-hybridized carbons (Fsp3) is 0.261. The molecule has 2 heterocycles. The molecule has 0 aliphatic carbocycles. The molecule has 5 nitrogen and oxygen atoms in total. The minimum Gasteiger partial charge on any atom is -0.455 e. The van der Waals surface area contributed by atoms with E-state index in [2.05, 4.69) is 17.0 Å². The maximum atomic E-state index is 12.8. The van der Waals surface area contributed by atoms with Crippen LogP contribution in [0, 0.1) is 0 Å². The van der Waals surface area contributed by atoms with Gasteiger partial charge in [0.05, 0.1) is 16.6 Å². The maximum absolute atomic E-state index is 12.8. The number of nitrogens with zero attached hydrogens (tertiary/aromatic N) is 2. The molecule has 7 heteroatoms. The van der Waals surface area contributed by atoms with Crippen molar-refractivity contribution in [2.24, 2.45) is 0 Å². The van der Waals surface area contributed by atoms with E-state index in [1.807, 2.05) is 23.1 Å². The van der Waals surface area contributed by atoms with Gasteiger partial charge in [-0.1, -0.05) is 48.0 Å². The molecule has 1 fully saturated rings. The second-order valence-corrected chi connectivity index (χ2v) is 9.15. The minimum absolute atomic E-state index is 0.117. The molecule has 0 bridgehead atoms. The van der Waals surface area contributed by atoms with Gasteiger partial charge in [0, 0.05) is 42.6 Å². The van der Waals surface area contributed by atoms with E-state index in [1.165, 1.54) is 5.56 Å². The summed E-state index contributed by atoms with van der Waals surface area (Å²) in [7, 11) is -1.28. The fourth-order valence-electron chi connectivity index (χ4n) is 3.50. The smallest absolute Gasteiger partial charge is 0.289 e. The van der Waals surface area contributed by atoms with Gasteiger partial charge in [-0.3, -0.25) is 13.9 Å². The Hall–Kier alpha value is -2.41. The molecule has 2 aromatic carbocycles. The zero-order valence-corrected chi connectivity index (χ0v) is 18.1. The van der Waals surface area contributed by atoms with Gasteiger partial charge in [0.1, 0.15) is 5.76 Å². The van der Waals surface area contributed by atoms with Crippen LogP contribution in [0.25, 0.3) is 0 Å². The summed E-state index contributed by atoms with van der Waals surface area (Å²) in [6.45, 7) is 3.87. The lowest BCUT2D eigenvalue weighted by atomic mass is 10.2. The van der Waals surface area contributed by atoms with E-state index in [0.29, 0.717) is 34.5 Å². The average molecular weight is 443 g/mol. The van der Waals surface area contributed by atoms with Crippen LogP contribution in [0.4, 0.5) is 0 Å². The summed E-state index contributed by atoms with van der Waals surface area (Å²) in [5.74, 6) is 0.913. The molecule has 1 amide bonds. The van der Waals surface area contributed by atoms with Crippen molar-refractivity contribution < 1.29 is 13.4 Å². The summed E-state index contributed by atoms with van der Waals surface area (Å²) in [5.41, 5.74) is 1.28.